The summed E-state index contributed by atoms with van der Waals surface area (Å²) in [7, 11) is 2.20. The minimum absolute atomic E-state index is 0.356. The summed E-state index contributed by atoms with van der Waals surface area (Å²) in [5.74, 6) is 0. The lowest BCUT2D eigenvalue weighted by Crippen LogP contribution is -2.42. The Bertz CT molecular complexity index is 243. The van der Waals surface area contributed by atoms with Gasteiger partial charge in [0.15, 0.2) is 0 Å². The van der Waals surface area contributed by atoms with Crippen molar-refractivity contribution in [2.75, 3.05) is 20.1 Å². The molecular formula is C15H31N3. The molecule has 0 saturated carbocycles. The third kappa shape index (κ3) is 6.37. The summed E-state index contributed by atoms with van der Waals surface area (Å²) >= 11 is 0. The lowest BCUT2D eigenvalue weighted by Gasteiger charge is -2.28. The molecule has 0 aromatic heterocycles. The molecule has 0 rings (SSSR count). The molecule has 0 heterocycles. The topological polar surface area (TPSA) is 39.1 Å². The highest BCUT2D eigenvalue weighted by molar-refractivity contribution is 5.03. The Balaban J connectivity index is 4.04. The van der Waals surface area contributed by atoms with E-state index in [1.165, 1.54) is 12.8 Å². The van der Waals surface area contributed by atoms with Gasteiger partial charge in [-0.05, 0) is 59.2 Å². The van der Waals surface area contributed by atoms with E-state index in [1.54, 1.807) is 0 Å². The molecule has 0 aromatic carbocycles. The first-order valence-electron chi connectivity index (χ1n) is 7.39. The summed E-state index contributed by atoms with van der Waals surface area (Å²) in [5, 5.41) is 12.6. The zero-order valence-corrected chi connectivity index (χ0v) is 12.9. The van der Waals surface area contributed by atoms with Gasteiger partial charge in [0.05, 0.1) is 6.07 Å². The average molecular weight is 253 g/mol. The van der Waals surface area contributed by atoms with Crippen molar-refractivity contribution in [3.63, 3.8) is 0 Å². The summed E-state index contributed by atoms with van der Waals surface area (Å²) in [6, 6.07) is 3.10. The van der Waals surface area contributed by atoms with Crippen LogP contribution in [0.3, 0.4) is 0 Å². The molecule has 0 fully saturated rings. The van der Waals surface area contributed by atoms with Crippen molar-refractivity contribution in [3.05, 3.63) is 0 Å². The normalized spacial score (nSPS) is 14.8. The third-order valence-electron chi connectivity index (χ3n) is 3.77. The molecule has 0 bridgehead atoms. The first-order chi connectivity index (χ1) is 8.52. The first kappa shape index (κ1) is 17.4. The molecule has 1 atom stereocenters. The van der Waals surface area contributed by atoms with Crippen LogP contribution in [0.1, 0.15) is 59.8 Å². The van der Waals surface area contributed by atoms with Crippen LogP contribution in [0.5, 0.6) is 0 Å². The van der Waals surface area contributed by atoms with Crippen molar-refractivity contribution in [2.45, 2.75) is 71.4 Å². The lowest BCUT2D eigenvalue weighted by molar-refractivity contribution is 0.219. The van der Waals surface area contributed by atoms with E-state index in [4.69, 9.17) is 0 Å². The van der Waals surface area contributed by atoms with E-state index in [0.29, 0.717) is 6.04 Å². The van der Waals surface area contributed by atoms with Crippen LogP contribution in [0, 0.1) is 11.3 Å². The molecule has 18 heavy (non-hydrogen) atoms. The summed E-state index contributed by atoms with van der Waals surface area (Å²) in [6.07, 6.45) is 5.49. The van der Waals surface area contributed by atoms with Crippen molar-refractivity contribution < 1.29 is 0 Å². The molecule has 0 radical (unpaired) electrons. The van der Waals surface area contributed by atoms with Crippen molar-refractivity contribution in [1.82, 2.24) is 10.2 Å². The molecule has 106 valence electrons. The number of nitriles is 1. The van der Waals surface area contributed by atoms with Crippen LogP contribution in [0.15, 0.2) is 0 Å². The van der Waals surface area contributed by atoms with E-state index >= 15 is 0 Å². The van der Waals surface area contributed by atoms with Gasteiger partial charge in [-0.3, -0.25) is 5.32 Å². The van der Waals surface area contributed by atoms with E-state index < -0.39 is 0 Å². The second-order valence-electron chi connectivity index (χ2n) is 5.43. The van der Waals surface area contributed by atoms with Gasteiger partial charge in [-0.2, -0.15) is 5.26 Å². The van der Waals surface area contributed by atoms with E-state index in [-0.39, 0.29) is 5.54 Å². The van der Waals surface area contributed by atoms with Crippen molar-refractivity contribution in [1.29, 1.82) is 5.26 Å². The van der Waals surface area contributed by atoms with Crippen molar-refractivity contribution in [3.8, 4) is 6.07 Å². The van der Waals surface area contributed by atoms with Gasteiger partial charge >= 0.3 is 0 Å². The van der Waals surface area contributed by atoms with Crippen LogP contribution in [-0.4, -0.2) is 36.6 Å². The van der Waals surface area contributed by atoms with E-state index in [9.17, 15) is 5.26 Å². The predicted molar refractivity (Wildman–Crippen MR) is 78.5 cm³/mol. The Morgan fingerprint density at radius 1 is 1.28 bits per heavy atom. The molecule has 0 aliphatic rings. The highest BCUT2D eigenvalue weighted by Crippen LogP contribution is 2.13. The second-order valence-corrected chi connectivity index (χ2v) is 5.43. The van der Waals surface area contributed by atoms with Crippen LogP contribution < -0.4 is 5.32 Å². The maximum absolute atomic E-state index is 9.25. The van der Waals surface area contributed by atoms with Gasteiger partial charge < -0.3 is 4.90 Å². The van der Waals surface area contributed by atoms with Crippen LogP contribution >= 0.6 is 0 Å². The van der Waals surface area contributed by atoms with Crippen molar-refractivity contribution >= 4 is 0 Å². The number of nitrogens with one attached hydrogen (secondary N) is 1. The monoisotopic (exact) mass is 253 g/mol. The second kappa shape index (κ2) is 9.35. The molecule has 1 N–H and O–H groups in total. The van der Waals surface area contributed by atoms with Crippen molar-refractivity contribution in [2.24, 2.45) is 0 Å². The van der Waals surface area contributed by atoms with Gasteiger partial charge in [0.2, 0.25) is 0 Å². The van der Waals surface area contributed by atoms with Crippen LogP contribution in [-0.2, 0) is 0 Å². The third-order valence-corrected chi connectivity index (χ3v) is 3.77. The number of nitrogens with zero attached hydrogens (tertiary/aromatic N) is 2. The average Bonchev–Trinajstić information content (AvgIpc) is 2.38. The number of hydrogen-bond acceptors (Lipinski definition) is 3. The minimum atomic E-state index is -0.356. The van der Waals surface area contributed by atoms with Gasteiger partial charge in [-0.25, -0.2) is 0 Å². The Hall–Kier alpha value is -0.590. The maximum Gasteiger partial charge on any atom is 0.103 e. The molecule has 3 heteroatoms. The Labute approximate surface area is 114 Å². The Morgan fingerprint density at radius 2 is 1.89 bits per heavy atom. The molecule has 0 aliphatic heterocycles. The predicted octanol–water partition coefficient (Wildman–Crippen LogP) is 3.17. The van der Waals surface area contributed by atoms with Gasteiger partial charge in [0.1, 0.15) is 5.54 Å². The van der Waals surface area contributed by atoms with Crippen LogP contribution in [0.4, 0.5) is 0 Å². The number of hydrogen-bond donors (Lipinski definition) is 1. The molecule has 0 aliphatic carbocycles. The van der Waals surface area contributed by atoms with E-state index in [2.05, 4.69) is 44.1 Å². The summed E-state index contributed by atoms with van der Waals surface area (Å²) in [5.41, 5.74) is -0.356. The zero-order chi connectivity index (χ0) is 14.0. The maximum atomic E-state index is 9.25. The minimum Gasteiger partial charge on any atom is -0.303 e. The highest BCUT2D eigenvalue weighted by atomic mass is 15.1. The molecule has 0 amide bonds. The Morgan fingerprint density at radius 3 is 2.33 bits per heavy atom. The molecule has 0 spiro atoms. The van der Waals surface area contributed by atoms with Crippen LogP contribution in [0.2, 0.25) is 0 Å². The van der Waals surface area contributed by atoms with Gasteiger partial charge in [-0.15, -0.1) is 0 Å². The molecule has 1 unspecified atom stereocenters. The molecule has 0 saturated heterocycles. The van der Waals surface area contributed by atoms with E-state index in [0.717, 1.165) is 32.4 Å². The quantitative estimate of drug-likeness (QED) is 0.650. The largest absolute Gasteiger partial charge is 0.303 e. The van der Waals surface area contributed by atoms with E-state index in [1.807, 2.05) is 6.92 Å². The highest BCUT2D eigenvalue weighted by Gasteiger charge is 2.22. The van der Waals surface area contributed by atoms with Gasteiger partial charge in [0.25, 0.3) is 0 Å². The molecule has 0 aromatic rings. The molecular weight excluding hydrogens is 222 g/mol. The Kier molecular flexibility index (Phi) is 9.05. The summed E-state index contributed by atoms with van der Waals surface area (Å²) in [6.45, 7) is 10.6. The number of rotatable bonds is 10. The summed E-state index contributed by atoms with van der Waals surface area (Å²) < 4.78 is 0. The SMILES string of the molecule is CCCNC(C)(C#N)CCCN(C)C(CC)CC. The fourth-order valence-corrected chi connectivity index (χ4v) is 2.36. The van der Waals surface area contributed by atoms with Crippen LogP contribution in [0.25, 0.3) is 0 Å². The van der Waals surface area contributed by atoms with Gasteiger partial charge in [-0.1, -0.05) is 20.8 Å². The standard InChI is InChI=1S/C15H31N3/c1-6-11-17-15(4,13-16)10-9-12-18(5)14(7-2)8-3/h14,17H,6-12H2,1-5H3. The summed E-state index contributed by atoms with van der Waals surface area (Å²) in [4.78, 5) is 2.43. The zero-order valence-electron chi connectivity index (χ0n) is 12.9. The molecule has 3 nitrogen and oxygen atoms in total. The first-order valence-corrected chi connectivity index (χ1v) is 7.39. The fraction of sp³-hybridized carbons (Fsp3) is 0.933. The lowest BCUT2D eigenvalue weighted by atomic mass is 9.97. The smallest absolute Gasteiger partial charge is 0.103 e. The van der Waals surface area contributed by atoms with Gasteiger partial charge in [0, 0.05) is 6.04 Å². The fourth-order valence-electron chi connectivity index (χ4n) is 2.36.